The van der Waals surface area contributed by atoms with E-state index in [1.54, 1.807) is 18.2 Å². The third kappa shape index (κ3) is 3.11. The van der Waals surface area contributed by atoms with Gasteiger partial charge in [-0.2, -0.15) is 0 Å². The SMILES string of the molecule is CCC(N)(CC)COc1c([N+](=O)[O-])cnc2ccccc12. The van der Waals surface area contributed by atoms with Crippen molar-refractivity contribution in [1.29, 1.82) is 0 Å². The van der Waals surface area contributed by atoms with Crippen LogP contribution >= 0.6 is 0 Å². The van der Waals surface area contributed by atoms with E-state index in [-0.39, 0.29) is 18.0 Å². The zero-order valence-electron chi connectivity index (χ0n) is 12.2. The Kier molecular flexibility index (Phi) is 4.37. The lowest BCUT2D eigenvalue weighted by Crippen LogP contribution is -2.44. The van der Waals surface area contributed by atoms with Gasteiger partial charge in [-0.05, 0) is 25.0 Å². The second-order valence-electron chi connectivity index (χ2n) is 5.10. The second-order valence-corrected chi connectivity index (χ2v) is 5.10. The number of ether oxygens (including phenoxy) is 1. The van der Waals surface area contributed by atoms with Crippen LogP contribution in [0.2, 0.25) is 0 Å². The van der Waals surface area contributed by atoms with Crippen LogP contribution in [0.5, 0.6) is 5.75 Å². The summed E-state index contributed by atoms with van der Waals surface area (Å²) in [7, 11) is 0. The number of pyridine rings is 1. The van der Waals surface area contributed by atoms with E-state index < -0.39 is 10.5 Å². The molecule has 0 aliphatic heterocycles. The van der Waals surface area contributed by atoms with Crippen molar-refractivity contribution < 1.29 is 9.66 Å². The lowest BCUT2D eigenvalue weighted by atomic mass is 9.95. The van der Waals surface area contributed by atoms with Crippen molar-refractivity contribution in [1.82, 2.24) is 4.98 Å². The molecule has 0 saturated heterocycles. The van der Waals surface area contributed by atoms with Gasteiger partial charge in [-0.15, -0.1) is 0 Å². The van der Waals surface area contributed by atoms with E-state index in [9.17, 15) is 10.1 Å². The van der Waals surface area contributed by atoms with E-state index >= 15 is 0 Å². The molecule has 2 rings (SSSR count). The molecule has 2 N–H and O–H groups in total. The molecule has 0 unspecified atom stereocenters. The van der Waals surface area contributed by atoms with E-state index in [0.29, 0.717) is 10.9 Å². The molecule has 112 valence electrons. The van der Waals surface area contributed by atoms with Gasteiger partial charge in [0.05, 0.1) is 10.4 Å². The first kappa shape index (κ1) is 15.2. The molecule has 1 aromatic heterocycles. The van der Waals surface area contributed by atoms with E-state index in [0.717, 1.165) is 12.8 Å². The minimum absolute atomic E-state index is 0.136. The average molecular weight is 289 g/mol. The Labute approximate surface area is 123 Å². The summed E-state index contributed by atoms with van der Waals surface area (Å²) in [5.74, 6) is 0.238. The van der Waals surface area contributed by atoms with Gasteiger partial charge >= 0.3 is 5.69 Å². The van der Waals surface area contributed by atoms with Crippen LogP contribution in [0.4, 0.5) is 5.69 Å². The van der Waals surface area contributed by atoms with Crippen molar-refractivity contribution >= 4 is 16.6 Å². The number of para-hydroxylation sites is 1. The van der Waals surface area contributed by atoms with Crippen LogP contribution in [-0.2, 0) is 0 Å². The molecule has 1 aromatic carbocycles. The third-order valence-corrected chi connectivity index (χ3v) is 3.82. The molecule has 0 atom stereocenters. The largest absolute Gasteiger partial charge is 0.484 e. The molecule has 21 heavy (non-hydrogen) atoms. The molecule has 0 fully saturated rings. The van der Waals surface area contributed by atoms with Crippen LogP contribution in [-0.4, -0.2) is 22.1 Å². The fourth-order valence-electron chi connectivity index (χ4n) is 2.06. The summed E-state index contributed by atoms with van der Waals surface area (Å²) >= 11 is 0. The lowest BCUT2D eigenvalue weighted by Gasteiger charge is -2.26. The Morgan fingerprint density at radius 3 is 2.62 bits per heavy atom. The van der Waals surface area contributed by atoms with Crippen LogP contribution in [0.3, 0.4) is 0 Å². The van der Waals surface area contributed by atoms with Gasteiger partial charge in [-0.1, -0.05) is 26.0 Å². The van der Waals surface area contributed by atoms with E-state index in [1.807, 2.05) is 19.9 Å². The van der Waals surface area contributed by atoms with Gasteiger partial charge in [0, 0.05) is 10.9 Å². The van der Waals surface area contributed by atoms with Gasteiger partial charge in [0.2, 0.25) is 5.75 Å². The number of hydrogen-bond acceptors (Lipinski definition) is 5. The molecule has 0 radical (unpaired) electrons. The predicted molar refractivity (Wildman–Crippen MR) is 81.4 cm³/mol. The zero-order chi connectivity index (χ0) is 15.5. The number of hydrogen-bond donors (Lipinski definition) is 1. The van der Waals surface area contributed by atoms with Crippen molar-refractivity contribution in [3.8, 4) is 5.75 Å². The first-order chi connectivity index (χ1) is 10.0. The van der Waals surface area contributed by atoms with Gasteiger partial charge in [-0.25, -0.2) is 4.98 Å². The quantitative estimate of drug-likeness (QED) is 0.652. The van der Waals surface area contributed by atoms with Crippen LogP contribution in [0.1, 0.15) is 26.7 Å². The summed E-state index contributed by atoms with van der Waals surface area (Å²) in [6, 6.07) is 7.19. The van der Waals surface area contributed by atoms with Crippen LogP contribution < -0.4 is 10.5 Å². The summed E-state index contributed by atoms with van der Waals surface area (Å²) in [5, 5.41) is 11.8. The minimum atomic E-state index is -0.488. The molecule has 6 heteroatoms. The maximum absolute atomic E-state index is 11.2. The Morgan fingerprint density at radius 1 is 1.33 bits per heavy atom. The maximum atomic E-state index is 11.2. The maximum Gasteiger partial charge on any atom is 0.329 e. The number of aromatic nitrogens is 1. The van der Waals surface area contributed by atoms with Crippen molar-refractivity contribution in [2.45, 2.75) is 32.2 Å². The summed E-state index contributed by atoms with van der Waals surface area (Å²) in [6.07, 6.45) is 2.70. The topological polar surface area (TPSA) is 91.3 Å². The summed E-state index contributed by atoms with van der Waals surface area (Å²) in [4.78, 5) is 14.8. The zero-order valence-corrected chi connectivity index (χ0v) is 12.2. The number of nitrogens with zero attached hydrogens (tertiary/aromatic N) is 2. The number of fused-ring (bicyclic) bond motifs is 1. The van der Waals surface area contributed by atoms with E-state index in [1.165, 1.54) is 6.20 Å². The van der Waals surface area contributed by atoms with Crippen molar-refractivity contribution in [2.24, 2.45) is 5.73 Å². The minimum Gasteiger partial charge on any atom is -0.484 e. The Hall–Kier alpha value is -2.21. The molecule has 2 aromatic rings. The van der Waals surface area contributed by atoms with Gasteiger partial charge < -0.3 is 10.5 Å². The number of benzene rings is 1. The Morgan fingerprint density at radius 2 is 2.00 bits per heavy atom. The highest BCUT2D eigenvalue weighted by Crippen LogP contribution is 2.34. The lowest BCUT2D eigenvalue weighted by molar-refractivity contribution is -0.386. The monoisotopic (exact) mass is 289 g/mol. The van der Waals surface area contributed by atoms with Crippen molar-refractivity contribution in [3.63, 3.8) is 0 Å². The normalized spacial score (nSPS) is 11.6. The highest BCUT2D eigenvalue weighted by molar-refractivity contribution is 5.88. The standard InChI is InChI=1S/C15H19N3O3/c1-3-15(16,4-2)10-21-14-11-7-5-6-8-12(11)17-9-13(14)18(19)20/h5-9H,3-4,10,16H2,1-2H3. The molecule has 1 heterocycles. The van der Waals surface area contributed by atoms with Gasteiger partial charge in [0.15, 0.2) is 0 Å². The van der Waals surface area contributed by atoms with Crippen molar-refractivity contribution in [3.05, 3.63) is 40.6 Å². The fraction of sp³-hybridized carbons (Fsp3) is 0.400. The number of rotatable bonds is 6. The summed E-state index contributed by atoms with van der Waals surface area (Å²) < 4.78 is 5.75. The molecule has 0 aliphatic carbocycles. The number of nitrogens with two attached hydrogens (primary N) is 1. The molecular formula is C15H19N3O3. The predicted octanol–water partition coefficient (Wildman–Crippen LogP) is 3.04. The molecule has 6 nitrogen and oxygen atoms in total. The van der Waals surface area contributed by atoms with Gasteiger partial charge in [0.25, 0.3) is 0 Å². The first-order valence-corrected chi connectivity index (χ1v) is 6.94. The van der Waals surface area contributed by atoms with Crippen LogP contribution in [0, 0.1) is 10.1 Å². The molecule has 0 bridgehead atoms. The van der Waals surface area contributed by atoms with Crippen molar-refractivity contribution in [2.75, 3.05) is 6.61 Å². The molecular weight excluding hydrogens is 270 g/mol. The second kappa shape index (κ2) is 6.05. The highest BCUT2D eigenvalue weighted by Gasteiger charge is 2.25. The Bertz CT molecular complexity index is 654. The summed E-state index contributed by atoms with van der Waals surface area (Å²) in [6.45, 7) is 4.19. The van der Waals surface area contributed by atoms with Gasteiger partial charge in [0.1, 0.15) is 12.8 Å². The fourth-order valence-corrected chi connectivity index (χ4v) is 2.06. The van der Waals surface area contributed by atoms with E-state index in [4.69, 9.17) is 10.5 Å². The highest BCUT2D eigenvalue weighted by atomic mass is 16.6. The summed E-state index contributed by atoms with van der Waals surface area (Å²) in [5.41, 5.74) is 6.24. The van der Waals surface area contributed by atoms with Crippen LogP contribution in [0.15, 0.2) is 30.5 Å². The third-order valence-electron chi connectivity index (χ3n) is 3.82. The Balaban J connectivity index is 2.45. The number of nitro groups is 1. The molecule has 0 saturated carbocycles. The molecule has 0 spiro atoms. The first-order valence-electron chi connectivity index (χ1n) is 6.94. The molecule has 0 amide bonds. The van der Waals surface area contributed by atoms with Gasteiger partial charge in [-0.3, -0.25) is 10.1 Å². The van der Waals surface area contributed by atoms with E-state index in [2.05, 4.69) is 4.98 Å². The molecule has 0 aliphatic rings. The average Bonchev–Trinajstić information content (AvgIpc) is 2.51. The van der Waals surface area contributed by atoms with Crippen LogP contribution in [0.25, 0.3) is 10.9 Å². The smallest absolute Gasteiger partial charge is 0.329 e.